The molecular formula is C17H30OSi. The first-order valence-corrected chi connectivity index (χ1v) is 11.1. The van der Waals surface area contributed by atoms with Gasteiger partial charge in [0.15, 0.2) is 0 Å². The largest absolute Gasteiger partial charge is 0.547 e. The highest BCUT2D eigenvalue weighted by Gasteiger charge is 2.47. The third kappa shape index (κ3) is 2.69. The summed E-state index contributed by atoms with van der Waals surface area (Å²) in [6.07, 6.45) is 7.44. The van der Waals surface area contributed by atoms with Crippen molar-refractivity contribution in [3.8, 4) is 0 Å². The van der Waals surface area contributed by atoms with Gasteiger partial charge in [0.2, 0.25) is 8.32 Å². The Labute approximate surface area is 120 Å². The third-order valence-electron chi connectivity index (χ3n) is 4.71. The van der Waals surface area contributed by atoms with E-state index < -0.39 is 8.32 Å². The number of hydrogen-bond donors (Lipinski definition) is 0. The molecule has 0 radical (unpaired) electrons. The van der Waals surface area contributed by atoms with Gasteiger partial charge in [0, 0.05) is 5.41 Å². The van der Waals surface area contributed by atoms with Crippen LogP contribution >= 0.6 is 0 Å². The first-order chi connectivity index (χ1) is 8.56. The van der Waals surface area contributed by atoms with Crippen LogP contribution in [-0.4, -0.2) is 8.32 Å². The maximum atomic E-state index is 6.53. The smallest absolute Gasteiger partial charge is 0.241 e. The summed E-state index contributed by atoms with van der Waals surface area (Å²) in [6, 6.07) is 0. The zero-order chi connectivity index (χ0) is 14.5. The highest BCUT2D eigenvalue weighted by molar-refractivity contribution is 6.70. The van der Waals surface area contributed by atoms with Crippen LogP contribution in [0.2, 0.25) is 19.6 Å². The molecule has 1 saturated carbocycles. The molecule has 2 heteroatoms. The molecule has 108 valence electrons. The van der Waals surface area contributed by atoms with Crippen LogP contribution in [0.25, 0.3) is 0 Å². The lowest BCUT2D eigenvalue weighted by molar-refractivity contribution is 0.169. The van der Waals surface area contributed by atoms with Crippen LogP contribution in [0.5, 0.6) is 0 Å². The summed E-state index contributed by atoms with van der Waals surface area (Å²) in [5.41, 5.74) is 3.57. The zero-order valence-corrected chi connectivity index (χ0v) is 14.8. The van der Waals surface area contributed by atoms with Gasteiger partial charge in [-0.15, -0.1) is 0 Å². The van der Waals surface area contributed by atoms with Gasteiger partial charge in [0.05, 0.1) is 5.76 Å². The predicted molar refractivity (Wildman–Crippen MR) is 85.6 cm³/mol. The molecule has 0 heterocycles. The van der Waals surface area contributed by atoms with Gasteiger partial charge in [0.25, 0.3) is 0 Å². The number of allylic oxidation sites excluding steroid dienone is 3. The molecule has 2 aliphatic rings. The summed E-state index contributed by atoms with van der Waals surface area (Å²) in [7, 11) is -1.54. The Balaban J connectivity index is 2.43. The van der Waals surface area contributed by atoms with Crippen molar-refractivity contribution in [2.75, 3.05) is 0 Å². The van der Waals surface area contributed by atoms with E-state index in [-0.39, 0.29) is 5.41 Å². The van der Waals surface area contributed by atoms with E-state index >= 15 is 0 Å². The van der Waals surface area contributed by atoms with Crippen molar-refractivity contribution in [3.05, 3.63) is 23.0 Å². The van der Waals surface area contributed by atoms with E-state index in [1.54, 1.807) is 5.57 Å². The molecule has 0 bridgehead atoms. The zero-order valence-electron chi connectivity index (χ0n) is 13.8. The lowest BCUT2D eigenvalue weighted by atomic mass is 9.57. The summed E-state index contributed by atoms with van der Waals surface area (Å²) in [6.45, 7) is 16.4. The van der Waals surface area contributed by atoms with Gasteiger partial charge in [-0.05, 0) is 63.7 Å². The Bertz CT molecular complexity index is 437. The second kappa shape index (κ2) is 4.51. The number of fused-ring (bicyclic) bond motifs is 1. The Kier molecular flexibility index (Phi) is 3.54. The van der Waals surface area contributed by atoms with E-state index in [9.17, 15) is 0 Å². The average Bonchev–Trinajstić information content (AvgIpc) is 2.21. The molecule has 1 atom stereocenters. The Hall–Kier alpha value is -0.503. The van der Waals surface area contributed by atoms with E-state index in [0.29, 0.717) is 5.41 Å². The molecule has 0 aromatic heterocycles. The van der Waals surface area contributed by atoms with Crippen LogP contribution in [0.1, 0.15) is 53.4 Å². The van der Waals surface area contributed by atoms with Crippen LogP contribution in [0.4, 0.5) is 0 Å². The predicted octanol–water partition coefficient (Wildman–Crippen LogP) is 5.66. The van der Waals surface area contributed by atoms with Gasteiger partial charge < -0.3 is 4.43 Å². The molecule has 0 aromatic carbocycles. The lowest BCUT2D eigenvalue weighted by Gasteiger charge is -2.50. The maximum Gasteiger partial charge on any atom is 0.241 e. The summed E-state index contributed by atoms with van der Waals surface area (Å²) >= 11 is 0. The molecule has 1 unspecified atom stereocenters. The van der Waals surface area contributed by atoms with Crippen LogP contribution in [-0.2, 0) is 4.43 Å². The summed E-state index contributed by atoms with van der Waals surface area (Å²) in [5, 5.41) is 0. The van der Waals surface area contributed by atoms with Crippen LogP contribution in [0.3, 0.4) is 0 Å². The quantitative estimate of drug-likeness (QED) is 0.468. The Morgan fingerprint density at radius 1 is 1.11 bits per heavy atom. The third-order valence-corrected chi connectivity index (χ3v) is 5.53. The van der Waals surface area contributed by atoms with Gasteiger partial charge in [-0.25, -0.2) is 0 Å². The summed E-state index contributed by atoms with van der Waals surface area (Å²) < 4.78 is 6.53. The fourth-order valence-corrected chi connectivity index (χ4v) is 4.97. The van der Waals surface area contributed by atoms with Gasteiger partial charge in [0.1, 0.15) is 0 Å². The number of hydrogen-bond acceptors (Lipinski definition) is 1. The Morgan fingerprint density at radius 3 is 2.32 bits per heavy atom. The van der Waals surface area contributed by atoms with E-state index in [0.717, 1.165) is 6.42 Å². The van der Waals surface area contributed by atoms with Gasteiger partial charge >= 0.3 is 0 Å². The fourth-order valence-electron chi connectivity index (χ4n) is 3.96. The molecule has 0 N–H and O–H groups in total. The van der Waals surface area contributed by atoms with Gasteiger partial charge in [-0.3, -0.25) is 0 Å². The first-order valence-electron chi connectivity index (χ1n) is 7.67. The highest BCUT2D eigenvalue weighted by Crippen LogP contribution is 2.57. The second-order valence-electron chi connectivity index (χ2n) is 8.22. The molecule has 0 amide bonds. The Morgan fingerprint density at radius 2 is 1.74 bits per heavy atom. The normalized spacial score (nSPS) is 30.8. The molecule has 0 aromatic rings. The molecule has 2 aliphatic carbocycles. The topological polar surface area (TPSA) is 9.23 Å². The highest BCUT2D eigenvalue weighted by atomic mass is 28.4. The summed E-state index contributed by atoms with van der Waals surface area (Å²) in [5.74, 6) is 1.32. The molecule has 1 fully saturated rings. The van der Waals surface area contributed by atoms with Crippen molar-refractivity contribution in [1.82, 2.24) is 0 Å². The molecule has 2 rings (SSSR count). The maximum absolute atomic E-state index is 6.53. The summed E-state index contributed by atoms with van der Waals surface area (Å²) in [4.78, 5) is 0. The molecular weight excluding hydrogens is 248 g/mol. The fraction of sp³-hybridized carbons (Fsp3) is 0.765. The molecule has 1 nitrogen and oxygen atoms in total. The van der Waals surface area contributed by atoms with Gasteiger partial charge in [-0.1, -0.05) is 31.9 Å². The van der Waals surface area contributed by atoms with Crippen molar-refractivity contribution in [2.24, 2.45) is 10.8 Å². The minimum Gasteiger partial charge on any atom is -0.547 e. The van der Waals surface area contributed by atoms with Crippen molar-refractivity contribution in [1.29, 1.82) is 0 Å². The number of rotatable bonds is 2. The average molecular weight is 279 g/mol. The van der Waals surface area contributed by atoms with Gasteiger partial charge in [-0.2, -0.15) is 0 Å². The van der Waals surface area contributed by atoms with E-state index in [4.69, 9.17) is 4.43 Å². The minimum atomic E-state index is -1.54. The molecule has 19 heavy (non-hydrogen) atoms. The van der Waals surface area contributed by atoms with Crippen molar-refractivity contribution < 1.29 is 4.43 Å². The van der Waals surface area contributed by atoms with E-state index in [2.05, 4.69) is 53.4 Å². The standard InChI is InChI=1S/C17H30OSi/c1-13-9-10-14-16(2,3)11-8-12-17(14,4)15(13)18-19(5,6)7/h10H,8-9,11-12H2,1-7H3. The van der Waals surface area contributed by atoms with Crippen molar-refractivity contribution in [2.45, 2.75) is 73.0 Å². The second-order valence-corrected chi connectivity index (χ2v) is 12.6. The molecule has 0 saturated heterocycles. The molecule has 0 aliphatic heterocycles. The minimum absolute atomic E-state index is 0.157. The van der Waals surface area contributed by atoms with Crippen molar-refractivity contribution in [3.63, 3.8) is 0 Å². The van der Waals surface area contributed by atoms with Crippen LogP contribution in [0, 0.1) is 10.8 Å². The molecule has 0 spiro atoms. The van der Waals surface area contributed by atoms with Crippen LogP contribution < -0.4 is 0 Å². The lowest BCUT2D eigenvalue weighted by Crippen LogP contribution is -2.41. The van der Waals surface area contributed by atoms with Crippen LogP contribution in [0.15, 0.2) is 23.0 Å². The van der Waals surface area contributed by atoms with Crippen molar-refractivity contribution >= 4 is 8.32 Å². The first kappa shape index (κ1) is 14.9. The van der Waals surface area contributed by atoms with E-state index in [1.807, 2.05) is 0 Å². The monoisotopic (exact) mass is 278 g/mol. The SMILES string of the molecule is CC1=C(O[Si](C)(C)C)C2(C)CCCC(C)(C)C2=CC1. The van der Waals surface area contributed by atoms with E-state index in [1.165, 1.54) is 30.6 Å².